The van der Waals surface area contributed by atoms with Gasteiger partial charge in [-0.2, -0.15) is 0 Å². The lowest BCUT2D eigenvalue weighted by Gasteiger charge is -2.43. The molecule has 2 unspecified atom stereocenters. The van der Waals surface area contributed by atoms with E-state index in [1.165, 1.54) is 28.7 Å². The number of rotatable bonds is 9. The fourth-order valence-corrected chi connectivity index (χ4v) is 9.00. The molecule has 2 aromatic heterocycles. The Balaban J connectivity index is 1.12. The fraction of sp³-hybridized carbons (Fsp3) is 0.436. The molecule has 9 heteroatoms. The number of hydrogen-bond acceptors (Lipinski definition) is 7. The molecule has 0 N–H and O–H groups in total. The van der Waals surface area contributed by atoms with E-state index in [1.54, 1.807) is 21.3 Å². The third-order valence-electron chi connectivity index (χ3n) is 11.1. The third kappa shape index (κ3) is 5.30. The highest BCUT2D eigenvalue weighted by Crippen LogP contribution is 2.48. The average molecular weight is 686 g/mol. The Kier molecular flexibility index (Phi) is 8.62. The van der Waals surface area contributed by atoms with Crippen LogP contribution in [0.25, 0.3) is 33.6 Å². The average Bonchev–Trinajstić information content (AvgIpc) is 3.68. The fourth-order valence-electron chi connectivity index (χ4n) is 8.35. The zero-order valence-electron chi connectivity index (χ0n) is 28.1. The number of fused-ring (bicyclic) bond motifs is 2. The molecule has 2 fully saturated rings. The van der Waals surface area contributed by atoms with Crippen LogP contribution < -0.4 is 9.47 Å². The molecule has 8 rings (SSSR count). The van der Waals surface area contributed by atoms with Gasteiger partial charge in [0.1, 0.15) is 0 Å². The summed E-state index contributed by atoms with van der Waals surface area (Å²) in [6, 6.07) is 17.2. The summed E-state index contributed by atoms with van der Waals surface area (Å²) in [5.41, 5.74) is 10.0. The SMILES string of the molecule is CCC1CN(C2CCc3cc(-c4cccc(-c5cccc(-c6cc7c(c(OC)n6)C(N6CC(OC)C6)CC7)c5Cl)c4Cl)nc(OC)c32)C1. The van der Waals surface area contributed by atoms with Crippen molar-refractivity contribution in [3.8, 4) is 45.4 Å². The van der Waals surface area contributed by atoms with Gasteiger partial charge in [-0.3, -0.25) is 9.80 Å². The summed E-state index contributed by atoms with van der Waals surface area (Å²) in [5.74, 6) is 2.18. The zero-order chi connectivity index (χ0) is 33.1. The highest BCUT2D eigenvalue weighted by Gasteiger charge is 2.40. The molecular formula is C39H42Cl2N4O3. The normalized spacial score (nSPS) is 21.1. The van der Waals surface area contributed by atoms with Crippen LogP contribution in [0.4, 0.5) is 0 Å². The van der Waals surface area contributed by atoms with Crippen LogP contribution in [-0.4, -0.2) is 73.4 Å². The minimum absolute atomic E-state index is 0.299. The molecule has 0 bridgehead atoms. The second-order valence-corrected chi connectivity index (χ2v) is 14.4. The van der Waals surface area contributed by atoms with Crippen LogP contribution in [0.5, 0.6) is 11.8 Å². The van der Waals surface area contributed by atoms with Gasteiger partial charge in [-0.15, -0.1) is 0 Å². The first kappa shape index (κ1) is 32.0. The van der Waals surface area contributed by atoms with Crippen molar-refractivity contribution in [1.82, 2.24) is 19.8 Å². The Hall–Kier alpha value is -3.20. The lowest BCUT2D eigenvalue weighted by Crippen LogP contribution is -2.52. The van der Waals surface area contributed by atoms with Crippen molar-refractivity contribution in [2.45, 2.75) is 57.2 Å². The first-order valence-electron chi connectivity index (χ1n) is 17.2. The van der Waals surface area contributed by atoms with Crippen molar-refractivity contribution in [2.75, 3.05) is 47.5 Å². The van der Waals surface area contributed by atoms with Crippen LogP contribution in [-0.2, 0) is 17.6 Å². The molecule has 4 heterocycles. The summed E-state index contributed by atoms with van der Waals surface area (Å²) in [7, 11) is 5.21. The topological polar surface area (TPSA) is 60.0 Å². The van der Waals surface area contributed by atoms with Crippen LogP contribution >= 0.6 is 23.2 Å². The lowest BCUT2D eigenvalue weighted by molar-refractivity contribution is -0.0514. The van der Waals surface area contributed by atoms with E-state index < -0.39 is 0 Å². The number of halogens is 2. The number of aromatic nitrogens is 2. The molecule has 0 radical (unpaired) electrons. The van der Waals surface area contributed by atoms with Gasteiger partial charge in [0.05, 0.1) is 41.8 Å². The maximum Gasteiger partial charge on any atom is 0.218 e. The molecular weight excluding hydrogens is 643 g/mol. The van der Waals surface area contributed by atoms with Crippen molar-refractivity contribution < 1.29 is 14.2 Å². The Labute approximate surface area is 293 Å². The number of ether oxygens (including phenoxy) is 3. The van der Waals surface area contributed by atoms with Gasteiger partial charge in [-0.05, 0) is 54.9 Å². The molecule has 0 amide bonds. The van der Waals surface area contributed by atoms with Gasteiger partial charge in [0.15, 0.2) is 0 Å². The molecule has 4 aliphatic rings. The van der Waals surface area contributed by atoms with Crippen LogP contribution in [0, 0.1) is 5.92 Å². The van der Waals surface area contributed by atoms with E-state index in [4.69, 9.17) is 47.4 Å². The summed E-state index contributed by atoms with van der Waals surface area (Å²) in [4.78, 5) is 15.1. The highest BCUT2D eigenvalue weighted by molar-refractivity contribution is 6.39. The van der Waals surface area contributed by atoms with Crippen molar-refractivity contribution in [3.05, 3.63) is 80.8 Å². The van der Waals surface area contributed by atoms with Gasteiger partial charge in [-0.25, -0.2) is 9.97 Å². The number of likely N-dealkylation sites (tertiary alicyclic amines) is 2. The second-order valence-electron chi connectivity index (χ2n) is 13.7. The Morgan fingerprint density at radius 1 is 0.688 bits per heavy atom. The standard InChI is InChI=1S/C39H42Cl2N4O3/c1-5-22-18-44(19-22)32-14-12-23-16-30(42-38(47-3)34(23)32)28-10-6-8-26(36(28)40)27-9-7-11-29(37(27)41)31-17-24-13-15-33(35(24)39(43-31)48-4)45-20-25(21-45)46-2/h6-11,16-17,22,25,32-33H,5,12-15,18-21H2,1-4H3. The van der Waals surface area contributed by atoms with Crippen LogP contribution in [0.15, 0.2) is 48.5 Å². The Morgan fingerprint density at radius 2 is 1.15 bits per heavy atom. The molecule has 4 aromatic rings. The van der Waals surface area contributed by atoms with Gasteiger partial charge in [0.2, 0.25) is 11.8 Å². The van der Waals surface area contributed by atoms with E-state index >= 15 is 0 Å². The Bertz CT molecular complexity index is 1740. The number of methoxy groups -OCH3 is 3. The van der Waals surface area contributed by atoms with Crippen molar-refractivity contribution in [2.24, 2.45) is 5.92 Å². The maximum absolute atomic E-state index is 7.25. The Morgan fingerprint density at radius 3 is 1.58 bits per heavy atom. The largest absolute Gasteiger partial charge is 0.481 e. The molecule has 2 atom stereocenters. The summed E-state index contributed by atoms with van der Waals surface area (Å²) < 4.78 is 17.3. The van der Waals surface area contributed by atoms with Crippen molar-refractivity contribution in [3.63, 3.8) is 0 Å². The zero-order valence-corrected chi connectivity index (χ0v) is 29.6. The minimum Gasteiger partial charge on any atom is -0.481 e. The summed E-state index contributed by atoms with van der Waals surface area (Å²) in [6.07, 6.45) is 5.66. The molecule has 0 spiro atoms. The van der Waals surface area contributed by atoms with Crippen molar-refractivity contribution in [1.29, 1.82) is 0 Å². The minimum atomic E-state index is 0.299. The third-order valence-corrected chi connectivity index (χ3v) is 12.0. The maximum atomic E-state index is 7.25. The second kappa shape index (κ2) is 12.9. The van der Waals surface area contributed by atoms with E-state index in [-0.39, 0.29) is 0 Å². The first-order valence-corrected chi connectivity index (χ1v) is 17.9. The predicted molar refractivity (Wildman–Crippen MR) is 191 cm³/mol. The van der Waals surface area contributed by atoms with E-state index in [0.717, 1.165) is 91.4 Å². The van der Waals surface area contributed by atoms with Crippen LogP contribution in [0.3, 0.4) is 0 Å². The number of hydrogen-bond donors (Lipinski definition) is 0. The van der Waals surface area contributed by atoms with E-state index in [9.17, 15) is 0 Å². The van der Waals surface area contributed by atoms with Crippen LogP contribution in [0.2, 0.25) is 10.0 Å². The van der Waals surface area contributed by atoms with Crippen LogP contribution in [0.1, 0.15) is 60.5 Å². The smallest absolute Gasteiger partial charge is 0.218 e. The highest BCUT2D eigenvalue weighted by atomic mass is 35.5. The molecule has 48 heavy (non-hydrogen) atoms. The first-order chi connectivity index (χ1) is 23.4. The van der Waals surface area contributed by atoms with Crippen molar-refractivity contribution >= 4 is 23.2 Å². The number of benzene rings is 2. The molecule has 0 saturated carbocycles. The molecule has 2 aliphatic heterocycles. The summed E-state index contributed by atoms with van der Waals surface area (Å²) in [5, 5.41) is 1.22. The molecule has 7 nitrogen and oxygen atoms in total. The number of nitrogens with zero attached hydrogens (tertiary/aromatic N) is 4. The van der Waals surface area contributed by atoms with E-state index in [2.05, 4.69) is 28.9 Å². The monoisotopic (exact) mass is 684 g/mol. The van der Waals surface area contributed by atoms with Gasteiger partial charge >= 0.3 is 0 Å². The lowest BCUT2D eigenvalue weighted by atomic mass is 9.93. The summed E-state index contributed by atoms with van der Waals surface area (Å²) in [6.45, 7) is 6.46. The number of pyridine rings is 2. The molecule has 250 valence electrons. The van der Waals surface area contributed by atoms with Gasteiger partial charge in [-0.1, -0.05) is 72.9 Å². The summed E-state index contributed by atoms with van der Waals surface area (Å²) >= 11 is 14.5. The van der Waals surface area contributed by atoms with E-state index in [1.807, 2.05) is 36.4 Å². The van der Waals surface area contributed by atoms with Gasteiger partial charge in [0, 0.05) is 78.8 Å². The van der Waals surface area contributed by atoms with Gasteiger partial charge in [0.25, 0.3) is 0 Å². The number of aryl methyl sites for hydroxylation is 2. The molecule has 2 aromatic carbocycles. The molecule has 2 saturated heterocycles. The van der Waals surface area contributed by atoms with E-state index in [0.29, 0.717) is 40.0 Å². The quantitative estimate of drug-likeness (QED) is 0.175. The van der Waals surface area contributed by atoms with Gasteiger partial charge < -0.3 is 14.2 Å². The predicted octanol–water partition coefficient (Wildman–Crippen LogP) is 8.45. The molecule has 2 aliphatic carbocycles.